The molecule has 0 bridgehead atoms. The Morgan fingerprint density at radius 2 is 2.33 bits per heavy atom. The van der Waals surface area contributed by atoms with E-state index < -0.39 is 0 Å². The molecule has 1 aromatic carbocycles. The van der Waals surface area contributed by atoms with Crippen molar-refractivity contribution in [3.8, 4) is 11.5 Å². The lowest BCUT2D eigenvalue weighted by Crippen LogP contribution is -1.89. The lowest BCUT2D eigenvalue weighted by molar-refractivity contribution is 0.402. The van der Waals surface area contributed by atoms with E-state index in [1.807, 2.05) is 0 Å². The summed E-state index contributed by atoms with van der Waals surface area (Å²) in [5, 5.41) is 12.3. The monoisotopic (exact) mass is 166 g/mol. The number of nitrogens with one attached hydrogen (secondary N) is 1. The van der Waals surface area contributed by atoms with Gasteiger partial charge in [0.05, 0.1) is 13.7 Å². The molecule has 0 unspecified atom stereocenters. The Morgan fingerprint density at radius 1 is 1.58 bits per heavy atom. The van der Waals surface area contributed by atoms with Crippen LogP contribution in [-0.4, -0.2) is 12.2 Å². The second-order valence-corrected chi connectivity index (χ2v) is 2.31. The number of rotatable bonds is 3. The van der Waals surface area contributed by atoms with Crippen LogP contribution in [0.25, 0.3) is 0 Å². The van der Waals surface area contributed by atoms with Crippen molar-refractivity contribution in [3.05, 3.63) is 23.8 Å². The molecule has 64 valence electrons. The van der Waals surface area contributed by atoms with E-state index in [1.54, 1.807) is 12.1 Å². The highest BCUT2D eigenvalue weighted by molar-refractivity contribution is 5.39. The Labute approximate surface area is 70.3 Å². The molecule has 0 radical (unpaired) electrons. The summed E-state index contributed by atoms with van der Waals surface area (Å²) in [5.74, 6) is 0.714. The fourth-order valence-corrected chi connectivity index (χ4v) is 0.949. The van der Waals surface area contributed by atoms with Gasteiger partial charge in [-0.3, -0.25) is 0 Å². The predicted octanol–water partition coefficient (Wildman–Crippen LogP) is 1.93. The minimum Gasteiger partial charge on any atom is -0.508 e. The maximum atomic E-state index is 9.08. The molecule has 4 nitrogen and oxygen atoms in total. The molecular formula is C8H10N2O2. The average molecular weight is 166 g/mol. The summed E-state index contributed by atoms with van der Waals surface area (Å²) < 4.78 is 4.98. The van der Waals surface area contributed by atoms with Crippen molar-refractivity contribution in [2.45, 2.75) is 6.54 Å². The Morgan fingerprint density at radius 3 is 2.92 bits per heavy atom. The van der Waals surface area contributed by atoms with E-state index in [0.717, 1.165) is 5.56 Å². The Balaban J connectivity index is 3.01. The van der Waals surface area contributed by atoms with Crippen molar-refractivity contribution >= 4 is 0 Å². The first-order valence-electron chi connectivity index (χ1n) is 3.47. The van der Waals surface area contributed by atoms with Gasteiger partial charge in [0.15, 0.2) is 0 Å². The standard InChI is InChI=1S/C8H10N2O2/c1-12-8-4-7(11)3-2-6(8)5-10-9/h2-4,9,11H,5H2,1H3. The van der Waals surface area contributed by atoms with Crippen molar-refractivity contribution in [1.29, 1.82) is 5.53 Å². The zero-order chi connectivity index (χ0) is 8.97. The quantitative estimate of drug-likeness (QED) is 0.674. The van der Waals surface area contributed by atoms with Crippen molar-refractivity contribution in [1.82, 2.24) is 0 Å². The van der Waals surface area contributed by atoms with Crippen LogP contribution in [0.3, 0.4) is 0 Å². The van der Waals surface area contributed by atoms with Crippen molar-refractivity contribution in [3.63, 3.8) is 0 Å². The Kier molecular flexibility index (Phi) is 2.63. The van der Waals surface area contributed by atoms with Crippen LogP contribution in [0.2, 0.25) is 0 Å². The molecule has 0 saturated carbocycles. The van der Waals surface area contributed by atoms with Crippen molar-refractivity contribution < 1.29 is 9.84 Å². The third-order valence-electron chi connectivity index (χ3n) is 1.52. The summed E-state index contributed by atoms with van der Waals surface area (Å²) in [5.41, 5.74) is 7.47. The summed E-state index contributed by atoms with van der Waals surface area (Å²) in [6, 6.07) is 4.73. The average Bonchev–Trinajstić information content (AvgIpc) is 2.08. The van der Waals surface area contributed by atoms with Gasteiger partial charge in [-0.05, 0) is 12.1 Å². The molecule has 0 amide bonds. The van der Waals surface area contributed by atoms with E-state index in [2.05, 4.69) is 5.11 Å². The molecule has 0 saturated heterocycles. The van der Waals surface area contributed by atoms with Crippen LogP contribution in [-0.2, 0) is 6.54 Å². The normalized spacial score (nSPS) is 9.42. The zero-order valence-electron chi connectivity index (χ0n) is 6.74. The fraction of sp³-hybridized carbons (Fsp3) is 0.250. The first kappa shape index (κ1) is 8.52. The third kappa shape index (κ3) is 1.72. The zero-order valence-corrected chi connectivity index (χ0v) is 6.74. The molecule has 4 heteroatoms. The molecule has 0 fully saturated rings. The number of nitrogens with zero attached hydrogens (tertiary/aromatic N) is 1. The van der Waals surface area contributed by atoms with E-state index in [4.69, 9.17) is 15.4 Å². The number of methoxy groups -OCH3 is 1. The van der Waals surface area contributed by atoms with Crippen LogP contribution in [0.1, 0.15) is 5.56 Å². The van der Waals surface area contributed by atoms with Gasteiger partial charge in [0.25, 0.3) is 0 Å². The van der Waals surface area contributed by atoms with Crippen molar-refractivity contribution in [2.75, 3.05) is 7.11 Å². The lowest BCUT2D eigenvalue weighted by atomic mass is 10.2. The molecular weight excluding hydrogens is 156 g/mol. The first-order chi connectivity index (χ1) is 5.77. The number of aromatic hydroxyl groups is 1. The van der Waals surface area contributed by atoms with Crippen LogP contribution in [0, 0.1) is 5.53 Å². The molecule has 0 aliphatic carbocycles. The summed E-state index contributed by atoms with van der Waals surface area (Å²) in [7, 11) is 1.52. The van der Waals surface area contributed by atoms with Gasteiger partial charge in [-0.2, -0.15) is 5.11 Å². The van der Waals surface area contributed by atoms with Gasteiger partial charge in [-0.15, -0.1) is 0 Å². The summed E-state index contributed by atoms with van der Waals surface area (Å²) >= 11 is 0. The lowest BCUT2D eigenvalue weighted by Gasteiger charge is -2.05. The molecule has 2 N–H and O–H groups in total. The summed E-state index contributed by atoms with van der Waals surface area (Å²) in [6.45, 7) is 0.281. The van der Waals surface area contributed by atoms with Gasteiger partial charge in [0.1, 0.15) is 11.5 Å². The van der Waals surface area contributed by atoms with Gasteiger partial charge < -0.3 is 9.84 Å². The molecule has 12 heavy (non-hydrogen) atoms. The van der Waals surface area contributed by atoms with Gasteiger partial charge in [0.2, 0.25) is 0 Å². The number of ether oxygens (including phenoxy) is 1. The number of phenols is 1. The van der Waals surface area contributed by atoms with Crippen LogP contribution < -0.4 is 4.74 Å². The maximum absolute atomic E-state index is 9.08. The molecule has 0 aromatic heterocycles. The highest BCUT2D eigenvalue weighted by Gasteiger charge is 2.02. The highest BCUT2D eigenvalue weighted by Crippen LogP contribution is 2.23. The fourth-order valence-electron chi connectivity index (χ4n) is 0.949. The predicted molar refractivity (Wildman–Crippen MR) is 43.5 cm³/mol. The molecule has 0 aliphatic rings. The number of hydrogen-bond acceptors (Lipinski definition) is 4. The maximum Gasteiger partial charge on any atom is 0.127 e. The van der Waals surface area contributed by atoms with E-state index >= 15 is 0 Å². The van der Waals surface area contributed by atoms with Gasteiger partial charge in [0, 0.05) is 11.6 Å². The molecule has 0 heterocycles. The van der Waals surface area contributed by atoms with Gasteiger partial charge in [-0.25, -0.2) is 5.53 Å². The molecule has 1 aromatic rings. The Hall–Kier alpha value is -1.58. The van der Waals surface area contributed by atoms with E-state index in [0.29, 0.717) is 5.75 Å². The minimum absolute atomic E-state index is 0.153. The second kappa shape index (κ2) is 3.71. The minimum atomic E-state index is 0.153. The highest BCUT2D eigenvalue weighted by atomic mass is 16.5. The van der Waals surface area contributed by atoms with E-state index in [1.165, 1.54) is 13.2 Å². The van der Waals surface area contributed by atoms with Crippen LogP contribution >= 0.6 is 0 Å². The number of hydrogen-bond donors (Lipinski definition) is 2. The largest absolute Gasteiger partial charge is 0.508 e. The van der Waals surface area contributed by atoms with Gasteiger partial charge in [-0.1, -0.05) is 0 Å². The Bertz CT molecular complexity index is 286. The topological polar surface area (TPSA) is 65.7 Å². The molecule has 1 rings (SSSR count). The SMILES string of the molecule is COc1cc(O)ccc1CN=N. The smallest absolute Gasteiger partial charge is 0.127 e. The van der Waals surface area contributed by atoms with Crippen LogP contribution in [0.5, 0.6) is 11.5 Å². The summed E-state index contributed by atoms with van der Waals surface area (Å²) in [4.78, 5) is 0. The van der Waals surface area contributed by atoms with Crippen LogP contribution in [0.4, 0.5) is 0 Å². The molecule has 0 spiro atoms. The van der Waals surface area contributed by atoms with Gasteiger partial charge >= 0.3 is 0 Å². The molecule has 0 atom stereocenters. The second-order valence-electron chi connectivity index (χ2n) is 2.31. The number of phenolic OH excluding ortho intramolecular Hbond substituents is 1. The summed E-state index contributed by atoms with van der Waals surface area (Å²) in [6.07, 6.45) is 0. The van der Waals surface area contributed by atoms with Crippen molar-refractivity contribution in [2.24, 2.45) is 5.11 Å². The first-order valence-corrected chi connectivity index (χ1v) is 3.47. The third-order valence-corrected chi connectivity index (χ3v) is 1.52. The number of benzene rings is 1. The van der Waals surface area contributed by atoms with E-state index in [9.17, 15) is 0 Å². The molecule has 0 aliphatic heterocycles. The van der Waals surface area contributed by atoms with E-state index in [-0.39, 0.29) is 12.3 Å². The van der Waals surface area contributed by atoms with Crippen LogP contribution in [0.15, 0.2) is 23.3 Å².